The fraction of sp³-hybridized carbons (Fsp3) is 0.529. The molecule has 2 atom stereocenters. The standard InChI is InChI=1S/C17H24N4O2S/c1-4-14(15-6-5-9-24-15)19-16(22)21-7-8-23-17(2,12-21)13-10-18-20(3)11-13/h5-6,9-11,14H,4,7-8,12H2,1-3H3,(H,19,22)/t14-,17-/m0/s1. The van der Waals surface area contributed by atoms with Crippen LogP contribution in [-0.2, 0) is 17.4 Å². The number of hydrogen-bond donors (Lipinski definition) is 1. The first-order valence-electron chi connectivity index (χ1n) is 8.24. The molecule has 0 saturated carbocycles. The minimum Gasteiger partial charge on any atom is -0.367 e. The van der Waals surface area contributed by atoms with Gasteiger partial charge in [-0.25, -0.2) is 4.79 Å². The van der Waals surface area contributed by atoms with E-state index < -0.39 is 5.60 Å². The molecule has 3 rings (SSSR count). The molecule has 0 aliphatic carbocycles. The van der Waals surface area contributed by atoms with Gasteiger partial charge in [0.15, 0.2) is 0 Å². The highest BCUT2D eigenvalue weighted by Crippen LogP contribution is 2.29. The molecule has 6 nitrogen and oxygen atoms in total. The maximum Gasteiger partial charge on any atom is 0.318 e. The summed E-state index contributed by atoms with van der Waals surface area (Å²) < 4.78 is 7.73. The molecule has 1 N–H and O–H groups in total. The van der Waals surface area contributed by atoms with Crippen LogP contribution in [0.3, 0.4) is 0 Å². The quantitative estimate of drug-likeness (QED) is 0.924. The summed E-state index contributed by atoms with van der Waals surface area (Å²) in [7, 11) is 1.88. The summed E-state index contributed by atoms with van der Waals surface area (Å²) in [6, 6.07) is 4.11. The minimum absolute atomic E-state index is 0.0336. The first kappa shape index (κ1) is 17.0. The van der Waals surface area contributed by atoms with Crippen molar-refractivity contribution in [3.63, 3.8) is 0 Å². The van der Waals surface area contributed by atoms with Crippen LogP contribution in [0.2, 0.25) is 0 Å². The van der Waals surface area contributed by atoms with E-state index in [1.807, 2.05) is 42.7 Å². The van der Waals surface area contributed by atoms with Crippen molar-refractivity contribution < 1.29 is 9.53 Å². The molecule has 2 aromatic heterocycles. The molecule has 0 unspecified atom stereocenters. The molecule has 2 aromatic rings. The topological polar surface area (TPSA) is 59.4 Å². The number of aryl methyl sites for hydroxylation is 1. The number of aromatic nitrogens is 2. The van der Waals surface area contributed by atoms with Crippen LogP contribution in [0, 0.1) is 0 Å². The van der Waals surface area contributed by atoms with Crippen molar-refractivity contribution in [2.24, 2.45) is 7.05 Å². The zero-order valence-corrected chi connectivity index (χ0v) is 15.2. The van der Waals surface area contributed by atoms with Gasteiger partial charge in [0.2, 0.25) is 0 Å². The molecule has 0 spiro atoms. The molecule has 24 heavy (non-hydrogen) atoms. The van der Waals surface area contributed by atoms with Gasteiger partial charge >= 0.3 is 6.03 Å². The number of nitrogens with zero attached hydrogens (tertiary/aromatic N) is 3. The van der Waals surface area contributed by atoms with Crippen molar-refractivity contribution in [2.75, 3.05) is 19.7 Å². The number of amides is 2. The van der Waals surface area contributed by atoms with Gasteiger partial charge < -0.3 is 15.0 Å². The highest BCUT2D eigenvalue weighted by Gasteiger charge is 2.37. The fourth-order valence-electron chi connectivity index (χ4n) is 3.02. The van der Waals surface area contributed by atoms with Gasteiger partial charge in [0.25, 0.3) is 0 Å². The molecule has 0 aromatic carbocycles. The summed E-state index contributed by atoms with van der Waals surface area (Å²) in [5.41, 5.74) is 0.474. The van der Waals surface area contributed by atoms with Crippen molar-refractivity contribution >= 4 is 17.4 Å². The van der Waals surface area contributed by atoms with Crippen molar-refractivity contribution in [3.8, 4) is 0 Å². The maximum atomic E-state index is 12.7. The number of nitrogens with one attached hydrogen (secondary N) is 1. The Morgan fingerprint density at radius 3 is 3.04 bits per heavy atom. The van der Waals surface area contributed by atoms with E-state index in [4.69, 9.17) is 4.74 Å². The average molecular weight is 348 g/mol. The number of thiophene rings is 1. The van der Waals surface area contributed by atoms with Crippen LogP contribution in [0.25, 0.3) is 0 Å². The highest BCUT2D eigenvalue weighted by atomic mass is 32.1. The van der Waals surface area contributed by atoms with Gasteiger partial charge in [0.1, 0.15) is 5.60 Å². The van der Waals surface area contributed by atoms with E-state index in [9.17, 15) is 4.79 Å². The Hall–Kier alpha value is -1.86. The van der Waals surface area contributed by atoms with Crippen LogP contribution in [0.4, 0.5) is 4.79 Å². The number of rotatable bonds is 4. The number of hydrogen-bond acceptors (Lipinski definition) is 4. The molecule has 1 fully saturated rings. The van der Waals surface area contributed by atoms with E-state index in [-0.39, 0.29) is 12.1 Å². The molecular weight excluding hydrogens is 324 g/mol. The summed E-state index contributed by atoms with van der Waals surface area (Å²) in [4.78, 5) is 15.8. The molecule has 3 heterocycles. The van der Waals surface area contributed by atoms with E-state index in [0.29, 0.717) is 19.7 Å². The molecule has 1 aliphatic rings. The Labute approximate surface area is 146 Å². The van der Waals surface area contributed by atoms with Crippen LogP contribution in [0.1, 0.15) is 36.8 Å². The second-order valence-electron chi connectivity index (χ2n) is 6.33. The van der Waals surface area contributed by atoms with Gasteiger partial charge in [0.05, 0.1) is 25.4 Å². The third-order valence-corrected chi connectivity index (χ3v) is 5.46. The monoisotopic (exact) mass is 348 g/mol. The van der Waals surface area contributed by atoms with Crippen molar-refractivity contribution in [1.29, 1.82) is 0 Å². The van der Waals surface area contributed by atoms with E-state index in [2.05, 4.69) is 23.4 Å². The van der Waals surface area contributed by atoms with Crippen LogP contribution in [0.5, 0.6) is 0 Å². The highest BCUT2D eigenvalue weighted by molar-refractivity contribution is 7.10. The van der Waals surface area contributed by atoms with E-state index in [0.717, 1.165) is 12.0 Å². The Kier molecular flexibility index (Phi) is 4.91. The SMILES string of the molecule is CC[C@H](NC(=O)N1CCO[C@](C)(c2cnn(C)c2)C1)c1cccs1. The third-order valence-electron chi connectivity index (χ3n) is 4.47. The summed E-state index contributed by atoms with van der Waals surface area (Å²) in [5, 5.41) is 9.42. The molecular formula is C17H24N4O2S. The Morgan fingerprint density at radius 2 is 2.42 bits per heavy atom. The largest absolute Gasteiger partial charge is 0.367 e. The number of carbonyl (C=O) groups excluding carboxylic acids is 1. The predicted molar refractivity (Wildman–Crippen MR) is 94.0 cm³/mol. The lowest BCUT2D eigenvalue weighted by Crippen LogP contribution is -2.53. The van der Waals surface area contributed by atoms with Crippen LogP contribution >= 0.6 is 11.3 Å². The van der Waals surface area contributed by atoms with Gasteiger partial charge in [-0.1, -0.05) is 13.0 Å². The van der Waals surface area contributed by atoms with E-state index in [1.54, 1.807) is 16.0 Å². The second-order valence-corrected chi connectivity index (χ2v) is 7.31. The molecule has 7 heteroatoms. The summed E-state index contributed by atoms with van der Waals surface area (Å²) in [5.74, 6) is 0. The molecule has 0 radical (unpaired) electrons. The fourth-order valence-corrected chi connectivity index (χ4v) is 3.88. The van der Waals surface area contributed by atoms with Crippen molar-refractivity contribution in [2.45, 2.75) is 31.9 Å². The molecule has 1 saturated heterocycles. The van der Waals surface area contributed by atoms with Crippen molar-refractivity contribution in [3.05, 3.63) is 40.3 Å². The summed E-state index contributed by atoms with van der Waals surface area (Å²) in [6.45, 7) is 5.74. The van der Waals surface area contributed by atoms with Gasteiger partial charge in [-0.2, -0.15) is 5.10 Å². The lowest BCUT2D eigenvalue weighted by Gasteiger charge is -2.40. The van der Waals surface area contributed by atoms with Gasteiger partial charge in [-0.15, -0.1) is 11.3 Å². The first-order chi connectivity index (χ1) is 11.5. The van der Waals surface area contributed by atoms with Gasteiger partial charge in [-0.3, -0.25) is 4.68 Å². The molecule has 0 bridgehead atoms. The Bertz CT molecular complexity index is 685. The van der Waals surface area contributed by atoms with Crippen LogP contribution < -0.4 is 5.32 Å². The zero-order valence-electron chi connectivity index (χ0n) is 14.4. The van der Waals surface area contributed by atoms with E-state index in [1.165, 1.54) is 4.88 Å². The number of morpholine rings is 1. The summed E-state index contributed by atoms with van der Waals surface area (Å²) >= 11 is 1.67. The number of urea groups is 1. The summed E-state index contributed by atoms with van der Waals surface area (Å²) in [6.07, 6.45) is 4.63. The minimum atomic E-state index is -0.519. The van der Waals surface area contributed by atoms with Crippen molar-refractivity contribution in [1.82, 2.24) is 20.0 Å². The van der Waals surface area contributed by atoms with Gasteiger partial charge in [0, 0.05) is 30.2 Å². The lowest BCUT2D eigenvalue weighted by molar-refractivity contribution is -0.0908. The number of carbonyl (C=O) groups is 1. The number of ether oxygens (including phenoxy) is 1. The molecule has 1 aliphatic heterocycles. The maximum absolute atomic E-state index is 12.7. The predicted octanol–water partition coefficient (Wildman–Crippen LogP) is 2.89. The normalized spacial score (nSPS) is 22.4. The second kappa shape index (κ2) is 6.94. The third kappa shape index (κ3) is 3.47. The zero-order chi connectivity index (χ0) is 17.2. The van der Waals surface area contributed by atoms with Crippen LogP contribution in [-0.4, -0.2) is 40.4 Å². The smallest absolute Gasteiger partial charge is 0.318 e. The Balaban J connectivity index is 1.69. The first-order valence-corrected chi connectivity index (χ1v) is 9.12. The molecule has 130 valence electrons. The molecule has 2 amide bonds. The van der Waals surface area contributed by atoms with Crippen LogP contribution in [0.15, 0.2) is 29.9 Å². The van der Waals surface area contributed by atoms with Gasteiger partial charge in [-0.05, 0) is 24.8 Å². The average Bonchev–Trinajstić information content (AvgIpc) is 3.24. The van der Waals surface area contributed by atoms with E-state index >= 15 is 0 Å². The Morgan fingerprint density at radius 1 is 1.58 bits per heavy atom. The lowest BCUT2D eigenvalue weighted by atomic mass is 9.97.